The van der Waals surface area contributed by atoms with Crippen molar-refractivity contribution in [3.05, 3.63) is 58.7 Å². The molecule has 1 aromatic heterocycles. The summed E-state index contributed by atoms with van der Waals surface area (Å²) in [5.41, 5.74) is 1.79. The fourth-order valence-corrected chi connectivity index (χ4v) is 2.44. The molecule has 0 unspecified atom stereocenters. The number of pyridine rings is 1. The van der Waals surface area contributed by atoms with Crippen LogP contribution in [0.15, 0.2) is 42.6 Å². The maximum absolute atomic E-state index is 5.95. The van der Waals surface area contributed by atoms with E-state index in [9.17, 15) is 0 Å². The van der Waals surface area contributed by atoms with Gasteiger partial charge in [-0.05, 0) is 24.3 Å². The summed E-state index contributed by atoms with van der Waals surface area (Å²) in [6, 6.07) is 11.4. The second kappa shape index (κ2) is 5.40. The maximum Gasteiger partial charge on any atom is 0.224 e. The molecule has 1 fully saturated rings. The van der Waals surface area contributed by atoms with Gasteiger partial charge in [0.1, 0.15) is 5.82 Å². The van der Waals surface area contributed by atoms with E-state index >= 15 is 0 Å². The number of hydrogen-bond acceptors (Lipinski definition) is 4. The maximum atomic E-state index is 5.95. The fourth-order valence-electron chi connectivity index (χ4n) is 2.32. The van der Waals surface area contributed by atoms with Crippen LogP contribution in [0, 0.1) is 0 Å². The predicted molar refractivity (Wildman–Crippen MR) is 77.9 cm³/mol. The quantitative estimate of drug-likeness (QED) is 0.944. The number of nitrogens with one attached hydrogen (secondary N) is 1. The minimum atomic E-state index is -0.885. The molecule has 1 N–H and O–H groups in total. The summed E-state index contributed by atoms with van der Waals surface area (Å²) in [4.78, 5) is 4.33. The van der Waals surface area contributed by atoms with Gasteiger partial charge in [-0.1, -0.05) is 23.7 Å². The highest BCUT2D eigenvalue weighted by atomic mass is 35.5. The average molecular weight is 291 g/mol. The molecule has 0 atom stereocenters. The summed E-state index contributed by atoms with van der Waals surface area (Å²) in [5.74, 6) is -0.0814. The molecule has 3 rings (SSSR count). The van der Waals surface area contributed by atoms with Crippen LogP contribution < -0.4 is 5.32 Å². The lowest BCUT2D eigenvalue weighted by molar-refractivity contribution is -0.130. The monoisotopic (exact) mass is 290 g/mol. The fraction of sp³-hybridized carbons (Fsp3) is 0.267. The van der Waals surface area contributed by atoms with Gasteiger partial charge in [-0.15, -0.1) is 0 Å². The van der Waals surface area contributed by atoms with E-state index < -0.39 is 5.79 Å². The first kappa shape index (κ1) is 13.4. The Kier molecular flexibility index (Phi) is 3.61. The van der Waals surface area contributed by atoms with Crippen molar-refractivity contribution < 1.29 is 9.47 Å². The normalized spacial score (nSPS) is 17.1. The molecule has 0 aliphatic carbocycles. The number of aromatic nitrogens is 1. The van der Waals surface area contributed by atoms with Gasteiger partial charge in [0.15, 0.2) is 0 Å². The zero-order valence-corrected chi connectivity index (χ0v) is 11.9. The van der Waals surface area contributed by atoms with Crippen molar-refractivity contribution in [2.75, 3.05) is 25.6 Å². The first-order valence-electron chi connectivity index (χ1n) is 6.43. The molecule has 1 aliphatic heterocycles. The summed E-state index contributed by atoms with van der Waals surface area (Å²) in [5, 5.41) is 3.68. The van der Waals surface area contributed by atoms with Gasteiger partial charge in [0, 0.05) is 29.4 Å². The number of nitrogens with zero attached hydrogens (tertiary/aromatic N) is 1. The van der Waals surface area contributed by atoms with Gasteiger partial charge in [0.2, 0.25) is 5.79 Å². The van der Waals surface area contributed by atoms with Crippen molar-refractivity contribution >= 4 is 17.4 Å². The standard InChI is InChI=1S/C15H15ClN2O2/c1-17-14-7-4-12(10-18-14)15(19-8-9-20-15)11-2-5-13(16)6-3-11/h2-7,10H,8-9H2,1H3,(H,17,18). The van der Waals surface area contributed by atoms with Crippen molar-refractivity contribution in [2.45, 2.75) is 5.79 Å². The lowest BCUT2D eigenvalue weighted by Gasteiger charge is -2.28. The number of halogens is 1. The number of hydrogen-bond donors (Lipinski definition) is 1. The molecule has 1 aromatic carbocycles. The van der Waals surface area contributed by atoms with Crippen LogP contribution >= 0.6 is 11.6 Å². The first-order chi connectivity index (χ1) is 9.74. The van der Waals surface area contributed by atoms with Gasteiger partial charge in [0.25, 0.3) is 0 Å². The molecular weight excluding hydrogens is 276 g/mol. The predicted octanol–water partition coefficient (Wildman–Crippen LogP) is 3.02. The Morgan fingerprint density at radius 3 is 2.25 bits per heavy atom. The third-order valence-corrected chi connectivity index (χ3v) is 3.57. The van der Waals surface area contributed by atoms with Gasteiger partial charge in [-0.25, -0.2) is 4.98 Å². The lowest BCUT2D eigenvalue weighted by atomic mass is 9.99. The van der Waals surface area contributed by atoms with E-state index in [1.165, 1.54) is 0 Å². The Morgan fingerprint density at radius 2 is 1.70 bits per heavy atom. The first-order valence-corrected chi connectivity index (χ1v) is 6.81. The second-order valence-electron chi connectivity index (χ2n) is 4.50. The van der Waals surface area contributed by atoms with Gasteiger partial charge >= 0.3 is 0 Å². The van der Waals surface area contributed by atoms with Crippen molar-refractivity contribution in [3.63, 3.8) is 0 Å². The molecule has 0 spiro atoms. The second-order valence-corrected chi connectivity index (χ2v) is 4.94. The molecule has 2 aromatic rings. The molecule has 20 heavy (non-hydrogen) atoms. The van der Waals surface area contributed by atoms with E-state index in [0.717, 1.165) is 16.9 Å². The molecular formula is C15H15ClN2O2. The summed E-state index contributed by atoms with van der Waals surface area (Å²) >= 11 is 5.95. The Morgan fingerprint density at radius 1 is 1.05 bits per heavy atom. The highest BCUT2D eigenvalue weighted by Crippen LogP contribution is 2.38. The average Bonchev–Trinajstić information content (AvgIpc) is 2.99. The van der Waals surface area contributed by atoms with Crippen LogP contribution in [0.25, 0.3) is 0 Å². The number of ether oxygens (including phenoxy) is 2. The van der Waals surface area contributed by atoms with Crippen LogP contribution in [0.4, 0.5) is 5.82 Å². The Balaban J connectivity index is 2.04. The minimum absolute atomic E-state index is 0.552. The minimum Gasteiger partial charge on any atom is -0.373 e. The molecule has 2 heterocycles. The van der Waals surface area contributed by atoms with Crippen molar-refractivity contribution in [1.29, 1.82) is 0 Å². The number of benzene rings is 1. The SMILES string of the molecule is CNc1ccc(C2(c3ccc(Cl)cc3)OCCO2)cn1. The topological polar surface area (TPSA) is 43.4 Å². The van der Waals surface area contributed by atoms with Gasteiger partial charge < -0.3 is 14.8 Å². The number of anilines is 1. The van der Waals surface area contributed by atoms with E-state index in [-0.39, 0.29) is 0 Å². The summed E-state index contributed by atoms with van der Waals surface area (Å²) in [6.45, 7) is 1.10. The van der Waals surface area contributed by atoms with E-state index in [2.05, 4.69) is 10.3 Å². The summed E-state index contributed by atoms with van der Waals surface area (Å²) in [6.07, 6.45) is 1.77. The van der Waals surface area contributed by atoms with Crippen LogP contribution in [-0.2, 0) is 15.3 Å². The molecule has 0 saturated carbocycles. The van der Waals surface area contributed by atoms with Crippen LogP contribution in [-0.4, -0.2) is 25.2 Å². The molecule has 1 aliphatic rings. The van der Waals surface area contributed by atoms with Crippen LogP contribution in [0.3, 0.4) is 0 Å². The van der Waals surface area contributed by atoms with Crippen molar-refractivity contribution in [3.8, 4) is 0 Å². The number of rotatable bonds is 3. The molecule has 0 radical (unpaired) electrons. The highest BCUT2D eigenvalue weighted by Gasteiger charge is 2.40. The van der Waals surface area contributed by atoms with E-state index in [1.54, 1.807) is 6.20 Å². The summed E-state index contributed by atoms with van der Waals surface area (Å²) in [7, 11) is 1.83. The molecule has 5 heteroatoms. The molecule has 1 saturated heterocycles. The van der Waals surface area contributed by atoms with Gasteiger partial charge in [-0.3, -0.25) is 0 Å². The lowest BCUT2D eigenvalue weighted by Crippen LogP contribution is -2.28. The molecule has 0 amide bonds. The smallest absolute Gasteiger partial charge is 0.224 e. The third-order valence-electron chi connectivity index (χ3n) is 3.32. The van der Waals surface area contributed by atoms with Crippen molar-refractivity contribution in [2.24, 2.45) is 0 Å². The Labute approximate surface area is 122 Å². The largest absolute Gasteiger partial charge is 0.373 e. The Bertz CT molecular complexity index is 578. The molecule has 4 nitrogen and oxygen atoms in total. The zero-order chi connectivity index (χ0) is 14.0. The van der Waals surface area contributed by atoms with Gasteiger partial charge in [-0.2, -0.15) is 0 Å². The third kappa shape index (κ3) is 2.26. The molecule has 0 bridgehead atoms. The van der Waals surface area contributed by atoms with Gasteiger partial charge in [0.05, 0.1) is 13.2 Å². The van der Waals surface area contributed by atoms with Crippen LogP contribution in [0.5, 0.6) is 0 Å². The van der Waals surface area contributed by atoms with Crippen LogP contribution in [0.1, 0.15) is 11.1 Å². The highest BCUT2D eigenvalue weighted by molar-refractivity contribution is 6.30. The zero-order valence-electron chi connectivity index (χ0n) is 11.1. The van der Waals surface area contributed by atoms with Crippen molar-refractivity contribution in [1.82, 2.24) is 4.98 Å². The summed E-state index contributed by atoms with van der Waals surface area (Å²) < 4.78 is 11.8. The van der Waals surface area contributed by atoms with E-state index in [4.69, 9.17) is 21.1 Å². The van der Waals surface area contributed by atoms with E-state index in [0.29, 0.717) is 18.2 Å². The van der Waals surface area contributed by atoms with E-state index in [1.807, 2.05) is 43.4 Å². The van der Waals surface area contributed by atoms with Crippen LogP contribution in [0.2, 0.25) is 5.02 Å². The molecule has 104 valence electrons. The Hall–Kier alpha value is -1.62.